The van der Waals surface area contributed by atoms with Crippen LogP contribution in [0.2, 0.25) is 0 Å². The van der Waals surface area contributed by atoms with Gasteiger partial charge in [0.1, 0.15) is 0 Å². The van der Waals surface area contributed by atoms with E-state index in [0.717, 1.165) is 18.4 Å². The third-order valence-electron chi connectivity index (χ3n) is 5.15. The molecule has 0 bridgehead atoms. The average molecular weight is 397 g/mol. The fourth-order valence-electron chi connectivity index (χ4n) is 3.41. The average Bonchev–Trinajstić information content (AvgIpc) is 2.66. The van der Waals surface area contributed by atoms with E-state index in [1.165, 1.54) is 64.2 Å². The predicted octanol–water partition coefficient (Wildman–Crippen LogP) is 5.58. The lowest BCUT2D eigenvalue weighted by Crippen LogP contribution is -2.44. The molecule has 0 saturated heterocycles. The smallest absolute Gasteiger partial charge is 0.166 e. The quantitative estimate of drug-likeness (QED) is 0.358. The van der Waals surface area contributed by atoms with Gasteiger partial charge in [-0.2, -0.15) is 0 Å². The minimum atomic E-state index is -0.486. The topological polar surface area (TPSA) is 69.1 Å². The second kappa shape index (κ2) is 17.2. The number of benzene rings is 1. The Morgan fingerprint density at radius 3 is 1.78 bits per heavy atom. The van der Waals surface area contributed by atoms with Crippen molar-refractivity contribution in [2.75, 3.05) is 0 Å². The highest BCUT2D eigenvalue weighted by Crippen LogP contribution is 2.13. The first kappa shape index (κ1) is 26.1. The van der Waals surface area contributed by atoms with Crippen molar-refractivity contribution < 1.29 is 4.79 Å². The third-order valence-corrected chi connectivity index (χ3v) is 5.15. The van der Waals surface area contributed by atoms with E-state index in [0.29, 0.717) is 6.42 Å². The van der Waals surface area contributed by atoms with Gasteiger partial charge < -0.3 is 11.5 Å². The summed E-state index contributed by atoms with van der Waals surface area (Å²) >= 11 is 0. The van der Waals surface area contributed by atoms with Gasteiger partial charge in [0, 0.05) is 0 Å². The molecule has 1 unspecified atom stereocenters. The van der Waals surface area contributed by atoms with E-state index in [1.807, 2.05) is 30.3 Å². The molecule has 0 fully saturated rings. The van der Waals surface area contributed by atoms with Gasteiger partial charge in [0.05, 0.1) is 12.1 Å². The van der Waals surface area contributed by atoms with Crippen LogP contribution in [0.3, 0.4) is 0 Å². The summed E-state index contributed by atoms with van der Waals surface area (Å²) < 4.78 is 0. The van der Waals surface area contributed by atoms with Crippen LogP contribution in [0.5, 0.6) is 0 Å². The maximum Gasteiger partial charge on any atom is 0.166 e. The molecular weight excluding hydrogens is 356 g/mol. The Balaban J connectivity index is 0.00000676. The van der Waals surface area contributed by atoms with Crippen LogP contribution in [-0.2, 0) is 11.2 Å². The summed E-state index contributed by atoms with van der Waals surface area (Å²) in [6.07, 6.45) is 15.7. The molecule has 0 aliphatic heterocycles. The van der Waals surface area contributed by atoms with Crippen molar-refractivity contribution >= 4 is 18.2 Å². The normalized spacial score (nSPS) is 13.0. The van der Waals surface area contributed by atoms with Crippen LogP contribution < -0.4 is 11.5 Å². The van der Waals surface area contributed by atoms with Crippen LogP contribution in [0.15, 0.2) is 30.3 Å². The van der Waals surface area contributed by atoms with Gasteiger partial charge in [0.15, 0.2) is 5.78 Å². The van der Waals surface area contributed by atoms with E-state index >= 15 is 0 Å². The van der Waals surface area contributed by atoms with Gasteiger partial charge in [-0.15, -0.1) is 12.4 Å². The maximum absolute atomic E-state index is 12.3. The zero-order valence-corrected chi connectivity index (χ0v) is 18.0. The molecule has 0 aromatic heterocycles. The summed E-state index contributed by atoms with van der Waals surface area (Å²) in [7, 11) is 0. The van der Waals surface area contributed by atoms with E-state index in [9.17, 15) is 4.79 Å². The first-order valence-electron chi connectivity index (χ1n) is 10.7. The lowest BCUT2D eigenvalue weighted by atomic mass is 9.95. The molecular formula is C23H41ClN2O. The van der Waals surface area contributed by atoms with Crippen LogP contribution in [0.4, 0.5) is 0 Å². The molecule has 3 nitrogen and oxygen atoms in total. The monoisotopic (exact) mass is 396 g/mol. The first-order valence-corrected chi connectivity index (χ1v) is 10.7. The van der Waals surface area contributed by atoms with Gasteiger partial charge in [0.25, 0.3) is 0 Å². The number of rotatable bonds is 16. The minimum Gasteiger partial charge on any atom is -0.321 e. The lowest BCUT2D eigenvalue weighted by Gasteiger charge is -2.16. The number of halogens is 1. The number of hydrogen-bond acceptors (Lipinski definition) is 3. The molecule has 2 atom stereocenters. The fraction of sp³-hybridized carbons (Fsp3) is 0.696. The highest BCUT2D eigenvalue weighted by molar-refractivity contribution is 5.88. The van der Waals surface area contributed by atoms with Gasteiger partial charge in [-0.05, 0) is 18.4 Å². The molecule has 0 aliphatic carbocycles. The van der Waals surface area contributed by atoms with Crippen LogP contribution in [0.1, 0.15) is 89.5 Å². The predicted molar refractivity (Wildman–Crippen MR) is 119 cm³/mol. The number of unbranched alkanes of at least 4 members (excludes halogenated alkanes) is 10. The summed E-state index contributed by atoms with van der Waals surface area (Å²) in [6, 6.07) is 9.02. The molecule has 1 aromatic carbocycles. The number of carbonyl (C=O) groups excluding carboxylic acids is 1. The molecule has 0 aliphatic rings. The highest BCUT2D eigenvalue weighted by Gasteiger charge is 2.20. The van der Waals surface area contributed by atoms with E-state index < -0.39 is 12.1 Å². The Kier molecular flexibility index (Phi) is 16.6. The van der Waals surface area contributed by atoms with Gasteiger partial charge >= 0.3 is 0 Å². The molecule has 1 rings (SSSR count). The Morgan fingerprint density at radius 1 is 0.778 bits per heavy atom. The van der Waals surface area contributed by atoms with Gasteiger partial charge in [-0.3, -0.25) is 4.79 Å². The van der Waals surface area contributed by atoms with Gasteiger partial charge in [-0.25, -0.2) is 0 Å². The minimum absolute atomic E-state index is 0. The number of carbonyl (C=O) groups is 1. The fourth-order valence-corrected chi connectivity index (χ4v) is 3.41. The molecule has 0 saturated carbocycles. The molecule has 156 valence electrons. The number of hydrogen-bond donors (Lipinski definition) is 2. The summed E-state index contributed by atoms with van der Waals surface area (Å²) in [5.74, 6) is 0.000863. The van der Waals surface area contributed by atoms with Crippen molar-refractivity contribution in [1.82, 2.24) is 0 Å². The Hall–Kier alpha value is -0.900. The lowest BCUT2D eigenvalue weighted by molar-refractivity contribution is -0.121. The molecule has 0 radical (unpaired) electrons. The zero-order chi connectivity index (χ0) is 19.0. The molecule has 4 N–H and O–H groups in total. The molecule has 0 spiro atoms. The third kappa shape index (κ3) is 13.0. The van der Waals surface area contributed by atoms with Gasteiger partial charge in [0.2, 0.25) is 0 Å². The van der Waals surface area contributed by atoms with Gasteiger partial charge in [-0.1, -0.05) is 108 Å². The number of ketones is 1. The van der Waals surface area contributed by atoms with Crippen molar-refractivity contribution in [2.24, 2.45) is 11.5 Å². The van der Waals surface area contributed by atoms with Crippen LogP contribution in [0.25, 0.3) is 0 Å². The van der Waals surface area contributed by atoms with E-state index in [-0.39, 0.29) is 18.2 Å². The van der Waals surface area contributed by atoms with E-state index in [4.69, 9.17) is 11.5 Å². The molecule has 1 aromatic rings. The number of Topliss-reactive ketones (excluding diaryl/α,β-unsaturated/α-hetero) is 1. The summed E-state index contributed by atoms with van der Waals surface area (Å²) in [6.45, 7) is 2.26. The zero-order valence-electron chi connectivity index (χ0n) is 17.2. The van der Waals surface area contributed by atoms with E-state index in [2.05, 4.69) is 6.92 Å². The standard InChI is InChI=1S/C23H40N2O.ClH/c1-2-3-4-5-6-7-8-9-10-11-15-18-21(24)23(26)22(25)19-20-16-13-12-14-17-20;/h12-14,16-17,21-22H,2-11,15,18-19,24-25H2,1H3;1H/t21?,22-;/m0./s1. The summed E-state index contributed by atoms with van der Waals surface area (Å²) in [5.41, 5.74) is 13.2. The van der Waals surface area contributed by atoms with Crippen molar-refractivity contribution in [1.29, 1.82) is 0 Å². The maximum atomic E-state index is 12.3. The first-order chi connectivity index (χ1) is 12.6. The highest BCUT2D eigenvalue weighted by atomic mass is 35.5. The molecule has 27 heavy (non-hydrogen) atoms. The van der Waals surface area contributed by atoms with E-state index in [1.54, 1.807) is 0 Å². The molecule has 4 heteroatoms. The second-order valence-corrected chi connectivity index (χ2v) is 7.63. The largest absolute Gasteiger partial charge is 0.321 e. The van der Waals surface area contributed by atoms with Crippen LogP contribution in [-0.4, -0.2) is 17.9 Å². The second-order valence-electron chi connectivity index (χ2n) is 7.63. The van der Waals surface area contributed by atoms with Crippen molar-refractivity contribution in [2.45, 2.75) is 102 Å². The molecule has 0 heterocycles. The Labute approximate surface area is 173 Å². The Bertz CT molecular complexity index is 467. The number of nitrogens with two attached hydrogens (primary N) is 2. The SMILES string of the molecule is CCCCCCCCCCCCCC(N)C(=O)[C@@H](N)Cc1ccccc1.Cl. The summed E-state index contributed by atoms with van der Waals surface area (Å²) in [4.78, 5) is 12.3. The van der Waals surface area contributed by atoms with Crippen molar-refractivity contribution in [3.05, 3.63) is 35.9 Å². The van der Waals surface area contributed by atoms with Crippen molar-refractivity contribution in [3.8, 4) is 0 Å². The Morgan fingerprint density at radius 2 is 1.26 bits per heavy atom. The summed E-state index contributed by atoms with van der Waals surface area (Å²) in [5, 5.41) is 0. The molecule has 0 amide bonds. The van der Waals surface area contributed by atoms with Crippen LogP contribution in [0, 0.1) is 0 Å². The van der Waals surface area contributed by atoms with Crippen LogP contribution >= 0.6 is 12.4 Å². The van der Waals surface area contributed by atoms with Crippen molar-refractivity contribution in [3.63, 3.8) is 0 Å².